The van der Waals surface area contributed by atoms with Crippen molar-refractivity contribution in [1.29, 1.82) is 0 Å². The highest BCUT2D eigenvalue weighted by atomic mass is 32.2. The predicted octanol–water partition coefficient (Wildman–Crippen LogP) is 1.79. The molecule has 1 aromatic carbocycles. The van der Waals surface area contributed by atoms with E-state index in [0.717, 1.165) is 0 Å². The van der Waals surface area contributed by atoms with E-state index >= 15 is 0 Å². The minimum absolute atomic E-state index is 0.000430. The van der Waals surface area contributed by atoms with E-state index in [1.54, 1.807) is 20.8 Å². The van der Waals surface area contributed by atoms with Gasteiger partial charge in [-0.1, -0.05) is 6.92 Å². The molecule has 136 valence electrons. The van der Waals surface area contributed by atoms with Crippen LogP contribution in [0.25, 0.3) is 0 Å². The Kier molecular flexibility index (Phi) is 6.54. The van der Waals surface area contributed by atoms with Gasteiger partial charge in [0.15, 0.2) is 9.84 Å². The van der Waals surface area contributed by atoms with E-state index in [0.29, 0.717) is 6.42 Å². The molecule has 0 saturated heterocycles. The van der Waals surface area contributed by atoms with E-state index in [-0.39, 0.29) is 28.4 Å². The number of benzene rings is 1. The van der Waals surface area contributed by atoms with Crippen LogP contribution in [0.15, 0.2) is 34.1 Å². The summed E-state index contributed by atoms with van der Waals surface area (Å²) in [5, 5.41) is 8.71. The zero-order valence-corrected chi connectivity index (χ0v) is 15.6. The van der Waals surface area contributed by atoms with Crippen LogP contribution in [0.3, 0.4) is 0 Å². The van der Waals surface area contributed by atoms with Crippen LogP contribution in [0, 0.1) is 0 Å². The van der Waals surface area contributed by atoms with Crippen molar-refractivity contribution in [3.63, 3.8) is 0 Å². The summed E-state index contributed by atoms with van der Waals surface area (Å²) in [4.78, 5) is 10.6. The van der Waals surface area contributed by atoms with Crippen molar-refractivity contribution in [1.82, 2.24) is 4.72 Å². The molecule has 24 heavy (non-hydrogen) atoms. The largest absolute Gasteiger partial charge is 0.481 e. The van der Waals surface area contributed by atoms with Crippen molar-refractivity contribution in [2.24, 2.45) is 0 Å². The fourth-order valence-electron chi connectivity index (χ4n) is 2.11. The molecule has 0 atom stereocenters. The van der Waals surface area contributed by atoms with Crippen molar-refractivity contribution in [2.45, 2.75) is 55.4 Å². The van der Waals surface area contributed by atoms with Gasteiger partial charge in [0.05, 0.1) is 15.5 Å². The Hall–Kier alpha value is -1.45. The summed E-state index contributed by atoms with van der Waals surface area (Å²) in [6, 6.07) is 5.00. The minimum atomic E-state index is -3.88. The van der Waals surface area contributed by atoms with Crippen LogP contribution in [-0.2, 0) is 24.7 Å². The molecular formula is C15H23NO6S2. The summed E-state index contributed by atoms with van der Waals surface area (Å²) in [7, 11) is -7.28. The van der Waals surface area contributed by atoms with E-state index in [4.69, 9.17) is 5.11 Å². The van der Waals surface area contributed by atoms with Gasteiger partial charge in [-0.25, -0.2) is 21.6 Å². The summed E-state index contributed by atoms with van der Waals surface area (Å²) in [6.45, 7) is 4.93. The molecule has 0 spiro atoms. The highest BCUT2D eigenvalue weighted by molar-refractivity contribution is 7.91. The fourth-order valence-corrected chi connectivity index (χ4v) is 4.87. The van der Waals surface area contributed by atoms with Crippen LogP contribution in [-0.4, -0.2) is 39.2 Å². The Balaban J connectivity index is 2.98. The quantitative estimate of drug-likeness (QED) is 0.677. The van der Waals surface area contributed by atoms with Gasteiger partial charge >= 0.3 is 5.97 Å². The second-order valence-corrected chi connectivity index (χ2v) is 9.96. The van der Waals surface area contributed by atoms with Gasteiger partial charge < -0.3 is 5.11 Å². The van der Waals surface area contributed by atoms with Crippen LogP contribution >= 0.6 is 0 Å². The van der Waals surface area contributed by atoms with Crippen LogP contribution in [0.5, 0.6) is 0 Å². The zero-order valence-electron chi connectivity index (χ0n) is 13.9. The molecule has 0 saturated carbocycles. The molecule has 0 heterocycles. The van der Waals surface area contributed by atoms with Gasteiger partial charge in [-0.2, -0.15) is 0 Å². The number of carboxylic acids is 1. The molecule has 0 aromatic heterocycles. The molecule has 0 amide bonds. The lowest BCUT2D eigenvalue weighted by molar-refractivity contribution is -0.137. The lowest BCUT2D eigenvalue weighted by Gasteiger charge is -2.25. The zero-order chi connectivity index (χ0) is 18.6. The topological polar surface area (TPSA) is 118 Å². The highest BCUT2D eigenvalue weighted by Gasteiger charge is 2.27. The first kappa shape index (κ1) is 20.6. The number of rotatable bonds is 9. The summed E-state index contributed by atoms with van der Waals surface area (Å²) < 4.78 is 51.1. The monoisotopic (exact) mass is 377 g/mol. The third kappa shape index (κ3) is 5.88. The average molecular weight is 377 g/mol. The summed E-state index contributed by atoms with van der Waals surface area (Å²) in [6.07, 6.45) is 0.440. The summed E-state index contributed by atoms with van der Waals surface area (Å²) >= 11 is 0. The van der Waals surface area contributed by atoms with Crippen molar-refractivity contribution >= 4 is 25.8 Å². The minimum Gasteiger partial charge on any atom is -0.481 e. The fraction of sp³-hybridized carbons (Fsp3) is 0.533. The van der Waals surface area contributed by atoms with Crippen LogP contribution in [0.1, 0.15) is 40.0 Å². The number of carboxylic acid groups (broad SMARTS) is 1. The first-order valence-electron chi connectivity index (χ1n) is 7.48. The van der Waals surface area contributed by atoms with E-state index < -0.39 is 31.4 Å². The van der Waals surface area contributed by atoms with Crippen LogP contribution < -0.4 is 4.72 Å². The molecule has 0 aliphatic heterocycles. The lowest BCUT2D eigenvalue weighted by Crippen LogP contribution is -2.43. The van der Waals surface area contributed by atoms with Crippen LogP contribution in [0.4, 0.5) is 0 Å². The van der Waals surface area contributed by atoms with Gasteiger partial charge in [-0.3, -0.25) is 4.79 Å². The third-order valence-electron chi connectivity index (χ3n) is 3.34. The Morgan fingerprint density at radius 3 is 2.04 bits per heavy atom. The molecule has 2 N–H and O–H groups in total. The van der Waals surface area contributed by atoms with Crippen molar-refractivity contribution < 1.29 is 26.7 Å². The summed E-state index contributed by atoms with van der Waals surface area (Å²) in [5.41, 5.74) is -0.940. The van der Waals surface area contributed by atoms with Crippen LogP contribution in [0.2, 0.25) is 0 Å². The lowest BCUT2D eigenvalue weighted by atomic mass is 10.0. The molecule has 1 rings (SSSR count). The third-order valence-corrected chi connectivity index (χ3v) is 6.99. The highest BCUT2D eigenvalue weighted by Crippen LogP contribution is 2.20. The maximum Gasteiger partial charge on any atom is 0.303 e. The summed E-state index contributed by atoms with van der Waals surface area (Å²) in [5.74, 6) is -1.01. The molecule has 9 heteroatoms. The average Bonchev–Trinajstić information content (AvgIpc) is 2.44. The number of nitrogens with one attached hydrogen (secondary N) is 1. The molecule has 0 fully saturated rings. The van der Waals surface area contributed by atoms with Gasteiger partial charge in [0.1, 0.15) is 0 Å². The number of aliphatic carboxylic acids is 1. The second-order valence-electron chi connectivity index (χ2n) is 6.17. The number of sulfonamides is 1. The first-order valence-corrected chi connectivity index (χ1v) is 10.6. The second kappa shape index (κ2) is 7.62. The Bertz CT molecular complexity index is 780. The number of hydrogen-bond acceptors (Lipinski definition) is 5. The number of sulfone groups is 1. The van der Waals surface area contributed by atoms with Crippen molar-refractivity contribution in [3.8, 4) is 0 Å². The standard InChI is InChI=1S/C15H23NO6S2/c1-4-11-23(19,20)12-5-7-13(8-6-12)24(21,22)16-15(2,3)10-9-14(17)18/h5-8,16H,4,9-11H2,1-3H3,(H,17,18). The normalized spacial score (nSPS) is 13.0. The molecule has 0 radical (unpaired) electrons. The van der Waals surface area contributed by atoms with Gasteiger partial charge in [0.25, 0.3) is 0 Å². The number of hydrogen-bond donors (Lipinski definition) is 2. The van der Waals surface area contributed by atoms with Gasteiger partial charge in [-0.15, -0.1) is 0 Å². The number of carbonyl (C=O) groups is 1. The Labute approximate surface area is 143 Å². The molecule has 7 nitrogen and oxygen atoms in total. The predicted molar refractivity (Wildman–Crippen MR) is 90.1 cm³/mol. The molecule has 1 aromatic rings. The van der Waals surface area contributed by atoms with Gasteiger partial charge in [0.2, 0.25) is 10.0 Å². The van der Waals surface area contributed by atoms with Gasteiger partial charge in [-0.05, 0) is 51.0 Å². The first-order chi connectivity index (χ1) is 10.9. The molecular weight excluding hydrogens is 354 g/mol. The maximum atomic E-state index is 12.4. The van der Waals surface area contributed by atoms with E-state index in [2.05, 4.69) is 4.72 Å². The SMILES string of the molecule is CCCS(=O)(=O)c1ccc(S(=O)(=O)NC(C)(C)CCC(=O)O)cc1. The maximum absolute atomic E-state index is 12.4. The Morgan fingerprint density at radius 2 is 1.58 bits per heavy atom. The van der Waals surface area contributed by atoms with E-state index in [1.807, 2.05) is 0 Å². The van der Waals surface area contributed by atoms with Crippen molar-refractivity contribution in [2.75, 3.05) is 5.75 Å². The van der Waals surface area contributed by atoms with E-state index in [9.17, 15) is 21.6 Å². The smallest absolute Gasteiger partial charge is 0.303 e. The molecule has 0 unspecified atom stereocenters. The van der Waals surface area contributed by atoms with Gasteiger partial charge in [0, 0.05) is 12.0 Å². The molecule has 0 bridgehead atoms. The molecule has 0 aliphatic carbocycles. The van der Waals surface area contributed by atoms with Crippen molar-refractivity contribution in [3.05, 3.63) is 24.3 Å². The van der Waals surface area contributed by atoms with E-state index in [1.165, 1.54) is 24.3 Å². The molecule has 0 aliphatic rings. The Morgan fingerprint density at radius 1 is 1.08 bits per heavy atom.